The van der Waals surface area contributed by atoms with Crippen LogP contribution in [0.2, 0.25) is 0 Å². The summed E-state index contributed by atoms with van der Waals surface area (Å²) in [6.45, 7) is 5.47. The van der Waals surface area contributed by atoms with E-state index in [1.165, 1.54) is 9.78 Å². The first-order valence-corrected chi connectivity index (χ1v) is 10.0. The number of hydrogen-bond acceptors (Lipinski definition) is 4. The number of aromatic nitrogens is 2. The van der Waals surface area contributed by atoms with E-state index >= 15 is 0 Å². The van der Waals surface area contributed by atoms with Crippen LogP contribution in [-0.4, -0.2) is 28.6 Å². The Morgan fingerprint density at radius 3 is 3.04 bits per heavy atom. The molecule has 0 aliphatic carbocycles. The highest BCUT2D eigenvalue weighted by molar-refractivity contribution is 7.09. The number of ether oxygens (including phenoxy) is 1. The lowest BCUT2D eigenvalue weighted by Crippen LogP contribution is -3.10. The van der Waals surface area contributed by atoms with E-state index in [1.54, 1.807) is 21.8 Å². The summed E-state index contributed by atoms with van der Waals surface area (Å²) in [4.78, 5) is 20.0. The van der Waals surface area contributed by atoms with Gasteiger partial charge in [0.15, 0.2) is 0 Å². The van der Waals surface area contributed by atoms with E-state index in [4.69, 9.17) is 9.72 Å². The first-order valence-electron chi connectivity index (χ1n) is 9.14. The SMILES string of the molecule is Cc1ccc2nc(C[NH+](Cc3cccs3)C[C@@H]3CCCO3)cc(=O)n2c1. The number of aryl methyl sites for hydroxylation is 1. The minimum atomic E-state index is -0.0127. The van der Waals surface area contributed by atoms with Gasteiger partial charge in [-0.3, -0.25) is 9.20 Å². The van der Waals surface area contributed by atoms with Gasteiger partial charge in [-0.05, 0) is 42.8 Å². The summed E-state index contributed by atoms with van der Waals surface area (Å²) in [6.07, 6.45) is 4.43. The van der Waals surface area contributed by atoms with Crippen LogP contribution in [-0.2, 0) is 17.8 Å². The summed E-state index contributed by atoms with van der Waals surface area (Å²) in [5.74, 6) is 0. The molecular formula is C20H24N3O2S+. The number of rotatable bonds is 6. The molecule has 0 radical (unpaired) electrons. The van der Waals surface area contributed by atoms with Crippen molar-refractivity contribution in [2.24, 2.45) is 0 Å². The smallest absolute Gasteiger partial charge is 0.258 e. The first kappa shape index (κ1) is 17.4. The molecule has 3 aromatic rings. The van der Waals surface area contributed by atoms with Crippen LogP contribution in [0.4, 0.5) is 0 Å². The average Bonchev–Trinajstić information content (AvgIpc) is 3.30. The normalized spacial score (nSPS) is 18.4. The molecule has 136 valence electrons. The summed E-state index contributed by atoms with van der Waals surface area (Å²) in [5.41, 5.74) is 2.60. The van der Waals surface area contributed by atoms with Gasteiger partial charge in [0.2, 0.25) is 0 Å². The van der Waals surface area contributed by atoms with Gasteiger partial charge in [0.25, 0.3) is 5.56 Å². The van der Waals surface area contributed by atoms with Crippen molar-refractivity contribution in [2.75, 3.05) is 13.2 Å². The van der Waals surface area contributed by atoms with Crippen LogP contribution < -0.4 is 10.5 Å². The minimum Gasteiger partial charge on any atom is -0.372 e. The zero-order valence-corrected chi connectivity index (χ0v) is 15.8. The second-order valence-electron chi connectivity index (χ2n) is 7.04. The fourth-order valence-corrected chi connectivity index (χ4v) is 4.38. The van der Waals surface area contributed by atoms with E-state index in [1.807, 2.05) is 25.3 Å². The standard InChI is InChI=1S/C20H23N3O2S/c1-15-6-7-19-21-16(10-20(24)23(19)11-15)12-22(13-17-4-2-8-25-17)14-18-5-3-9-26-18/h3,5-7,9-11,17H,2,4,8,12-14H2,1H3/p+1/t17-/m0/s1. The molecule has 1 N–H and O–H groups in total. The molecule has 6 heteroatoms. The molecule has 26 heavy (non-hydrogen) atoms. The molecule has 0 spiro atoms. The summed E-state index contributed by atoms with van der Waals surface area (Å²) >= 11 is 1.78. The average molecular weight is 370 g/mol. The van der Waals surface area contributed by atoms with Crippen LogP contribution in [0.25, 0.3) is 5.65 Å². The number of fused-ring (bicyclic) bond motifs is 1. The van der Waals surface area contributed by atoms with Gasteiger partial charge >= 0.3 is 0 Å². The second kappa shape index (κ2) is 7.70. The Hall–Kier alpha value is -2.02. The van der Waals surface area contributed by atoms with Crippen molar-refractivity contribution in [1.82, 2.24) is 9.38 Å². The molecule has 0 saturated carbocycles. The molecule has 4 heterocycles. The zero-order valence-electron chi connectivity index (χ0n) is 15.0. The van der Waals surface area contributed by atoms with E-state index in [0.29, 0.717) is 11.8 Å². The molecule has 5 nitrogen and oxygen atoms in total. The third-order valence-electron chi connectivity index (χ3n) is 4.84. The number of quaternary nitrogens is 1. The highest BCUT2D eigenvalue weighted by Gasteiger charge is 2.23. The summed E-state index contributed by atoms with van der Waals surface area (Å²) < 4.78 is 7.47. The van der Waals surface area contributed by atoms with Crippen LogP contribution in [0.3, 0.4) is 0 Å². The highest BCUT2D eigenvalue weighted by atomic mass is 32.1. The zero-order chi connectivity index (χ0) is 17.9. The van der Waals surface area contributed by atoms with Crippen LogP contribution in [0.5, 0.6) is 0 Å². The van der Waals surface area contributed by atoms with Crippen molar-refractivity contribution < 1.29 is 9.64 Å². The molecule has 2 atom stereocenters. The van der Waals surface area contributed by atoms with Crippen molar-refractivity contribution in [2.45, 2.75) is 39.0 Å². The molecule has 3 aromatic heterocycles. The molecule has 0 amide bonds. The lowest BCUT2D eigenvalue weighted by molar-refractivity contribution is -0.930. The molecule has 1 aliphatic heterocycles. The minimum absolute atomic E-state index is 0.0127. The van der Waals surface area contributed by atoms with Crippen molar-refractivity contribution in [3.63, 3.8) is 0 Å². The highest BCUT2D eigenvalue weighted by Crippen LogP contribution is 2.11. The maximum atomic E-state index is 12.5. The molecule has 1 fully saturated rings. The van der Waals surface area contributed by atoms with Gasteiger partial charge in [0.1, 0.15) is 37.1 Å². The fourth-order valence-electron chi connectivity index (χ4n) is 3.60. The Morgan fingerprint density at radius 1 is 1.35 bits per heavy atom. The lowest BCUT2D eigenvalue weighted by Gasteiger charge is -2.21. The van der Waals surface area contributed by atoms with Crippen molar-refractivity contribution >= 4 is 17.0 Å². The molecule has 0 bridgehead atoms. The third-order valence-corrected chi connectivity index (χ3v) is 5.71. The molecule has 1 saturated heterocycles. The lowest BCUT2D eigenvalue weighted by atomic mass is 10.2. The summed E-state index contributed by atoms with van der Waals surface area (Å²) in [5, 5.41) is 2.11. The monoisotopic (exact) mass is 370 g/mol. The Labute approximate surface area is 156 Å². The third kappa shape index (κ3) is 4.03. The first-order chi connectivity index (χ1) is 12.7. The van der Waals surface area contributed by atoms with Gasteiger partial charge in [-0.2, -0.15) is 0 Å². The Morgan fingerprint density at radius 2 is 2.27 bits per heavy atom. The quantitative estimate of drug-likeness (QED) is 0.720. The van der Waals surface area contributed by atoms with E-state index in [2.05, 4.69) is 17.5 Å². The van der Waals surface area contributed by atoms with Gasteiger partial charge < -0.3 is 9.64 Å². The molecule has 0 aromatic carbocycles. The van der Waals surface area contributed by atoms with Crippen molar-refractivity contribution in [1.29, 1.82) is 0 Å². The molecule has 1 aliphatic rings. The van der Waals surface area contributed by atoms with E-state index in [0.717, 1.165) is 50.3 Å². The number of nitrogens with one attached hydrogen (secondary N) is 1. The largest absolute Gasteiger partial charge is 0.372 e. The van der Waals surface area contributed by atoms with Gasteiger partial charge in [0, 0.05) is 18.9 Å². The van der Waals surface area contributed by atoms with Crippen LogP contribution in [0.15, 0.2) is 46.7 Å². The number of nitrogens with zero attached hydrogens (tertiary/aromatic N) is 2. The van der Waals surface area contributed by atoms with E-state index in [9.17, 15) is 4.79 Å². The Bertz CT molecular complexity index is 930. The number of pyridine rings is 1. The predicted molar refractivity (Wildman–Crippen MR) is 103 cm³/mol. The predicted octanol–water partition coefficient (Wildman–Crippen LogP) is 1.83. The fraction of sp³-hybridized carbons (Fsp3) is 0.400. The molecule has 1 unspecified atom stereocenters. The van der Waals surface area contributed by atoms with Gasteiger partial charge in [-0.15, -0.1) is 11.3 Å². The number of hydrogen-bond donors (Lipinski definition) is 1. The van der Waals surface area contributed by atoms with E-state index < -0.39 is 0 Å². The topological polar surface area (TPSA) is 48.0 Å². The van der Waals surface area contributed by atoms with Crippen molar-refractivity contribution in [3.8, 4) is 0 Å². The Kier molecular flexibility index (Phi) is 5.15. The molecular weight excluding hydrogens is 346 g/mol. The van der Waals surface area contributed by atoms with Gasteiger partial charge in [-0.1, -0.05) is 12.1 Å². The van der Waals surface area contributed by atoms with Gasteiger partial charge in [0.05, 0.1) is 4.88 Å². The van der Waals surface area contributed by atoms with E-state index in [-0.39, 0.29) is 5.56 Å². The van der Waals surface area contributed by atoms with Crippen LogP contribution in [0.1, 0.15) is 29.0 Å². The Balaban J connectivity index is 1.58. The second-order valence-corrected chi connectivity index (χ2v) is 8.07. The maximum Gasteiger partial charge on any atom is 0.258 e. The summed E-state index contributed by atoms with van der Waals surface area (Å²) in [7, 11) is 0. The van der Waals surface area contributed by atoms with Crippen LogP contribution in [0, 0.1) is 6.92 Å². The summed E-state index contributed by atoms with van der Waals surface area (Å²) in [6, 6.07) is 9.85. The molecule has 4 rings (SSSR count). The maximum absolute atomic E-state index is 12.5. The van der Waals surface area contributed by atoms with Crippen LogP contribution >= 0.6 is 11.3 Å². The number of thiophene rings is 1. The van der Waals surface area contributed by atoms with Gasteiger partial charge in [-0.25, -0.2) is 4.98 Å². The van der Waals surface area contributed by atoms with Crippen molar-refractivity contribution in [3.05, 3.63) is 68.4 Å².